The molecule has 25 heavy (non-hydrogen) atoms. The Kier molecular flexibility index (Phi) is 4.45. The molecule has 1 aliphatic heterocycles. The van der Waals surface area contributed by atoms with Crippen LogP contribution in [-0.2, 0) is 13.0 Å². The van der Waals surface area contributed by atoms with Crippen molar-refractivity contribution in [2.24, 2.45) is 0 Å². The smallest absolute Gasteiger partial charge is 0.258 e. The van der Waals surface area contributed by atoms with E-state index >= 15 is 0 Å². The first kappa shape index (κ1) is 16.5. The Bertz CT molecular complexity index is 946. The van der Waals surface area contributed by atoms with Crippen molar-refractivity contribution < 1.29 is 4.79 Å². The van der Waals surface area contributed by atoms with E-state index in [4.69, 9.17) is 4.98 Å². The van der Waals surface area contributed by atoms with E-state index in [9.17, 15) is 4.79 Å². The van der Waals surface area contributed by atoms with Crippen LogP contribution in [0.3, 0.4) is 0 Å². The van der Waals surface area contributed by atoms with E-state index in [1.54, 1.807) is 0 Å². The average molecular weight is 446 g/mol. The Hall–Kier alpha value is -1.96. The van der Waals surface area contributed by atoms with Crippen LogP contribution in [0.15, 0.2) is 30.3 Å². The fraction of sp³-hybridized carbons (Fsp3) is 0.316. The summed E-state index contributed by atoms with van der Waals surface area (Å²) in [5, 5.41) is 2.98. The number of anilines is 1. The largest absolute Gasteiger partial charge is 0.322 e. The number of carbonyl (C=O) groups excluding carboxylic acids is 1. The van der Waals surface area contributed by atoms with Gasteiger partial charge in [0.15, 0.2) is 5.65 Å². The zero-order valence-electron chi connectivity index (χ0n) is 14.1. The van der Waals surface area contributed by atoms with Crippen LogP contribution >= 0.6 is 22.6 Å². The summed E-state index contributed by atoms with van der Waals surface area (Å²) in [4.78, 5) is 22.3. The fourth-order valence-electron chi connectivity index (χ4n) is 3.32. The van der Waals surface area contributed by atoms with Gasteiger partial charge in [0.1, 0.15) is 11.3 Å². The molecule has 0 bridgehead atoms. The number of aryl methyl sites for hydroxylation is 3. The van der Waals surface area contributed by atoms with Gasteiger partial charge in [0, 0.05) is 27.9 Å². The predicted molar refractivity (Wildman–Crippen MR) is 107 cm³/mol. The molecule has 0 aliphatic carbocycles. The SMILES string of the molecule is Cc1cc(C(=O)Nc2ccc(I)cc2)c2nc3n(c2n1)CCCCC3. The van der Waals surface area contributed by atoms with Gasteiger partial charge in [-0.05, 0) is 72.7 Å². The monoisotopic (exact) mass is 446 g/mol. The number of aromatic nitrogens is 3. The van der Waals surface area contributed by atoms with E-state index in [1.807, 2.05) is 37.3 Å². The standard InChI is InChI=1S/C19H19IN4O/c1-12-11-15(19(25)22-14-8-6-13(20)7-9-14)17-18(21-12)24-10-4-2-3-5-16(24)23-17/h6-9,11H,2-5,10H2,1H3,(H,22,25). The molecule has 4 rings (SSSR count). The minimum absolute atomic E-state index is 0.134. The van der Waals surface area contributed by atoms with Crippen LogP contribution in [0.4, 0.5) is 5.69 Å². The molecule has 1 amide bonds. The summed E-state index contributed by atoms with van der Waals surface area (Å²) >= 11 is 2.25. The second kappa shape index (κ2) is 6.74. The van der Waals surface area contributed by atoms with Crippen LogP contribution in [0, 0.1) is 10.5 Å². The molecule has 5 nitrogen and oxygen atoms in total. The van der Waals surface area contributed by atoms with Crippen LogP contribution in [0.25, 0.3) is 11.2 Å². The third-order valence-corrected chi connectivity index (χ3v) is 5.26. The number of hydrogen-bond acceptors (Lipinski definition) is 3. The van der Waals surface area contributed by atoms with Crippen LogP contribution < -0.4 is 5.32 Å². The molecule has 0 fully saturated rings. The molecule has 128 valence electrons. The number of pyridine rings is 1. The number of carbonyl (C=O) groups is 1. The molecule has 0 unspecified atom stereocenters. The van der Waals surface area contributed by atoms with Crippen molar-refractivity contribution in [2.75, 3.05) is 5.32 Å². The van der Waals surface area contributed by atoms with E-state index in [2.05, 4.69) is 37.5 Å². The van der Waals surface area contributed by atoms with Gasteiger partial charge in [-0.2, -0.15) is 0 Å². The summed E-state index contributed by atoms with van der Waals surface area (Å²) in [6.07, 6.45) is 4.45. The minimum atomic E-state index is -0.134. The summed E-state index contributed by atoms with van der Waals surface area (Å²) in [6, 6.07) is 9.60. The Morgan fingerprint density at radius 1 is 1.16 bits per heavy atom. The molecule has 0 radical (unpaired) electrons. The van der Waals surface area contributed by atoms with Gasteiger partial charge in [-0.25, -0.2) is 9.97 Å². The molecule has 0 spiro atoms. The molecule has 6 heteroatoms. The summed E-state index contributed by atoms with van der Waals surface area (Å²) in [6.45, 7) is 2.86. The topological polar surface area (TPSA) is 59.8 Å². The lowest BCUT2D eigenvalue weighted by Crippen LogP contribution is -2.13. The molecule has 3 heterocycles. The number of halogens is 1. The highest BCUT2D eigenvalue weighted by Crippen LogP contribution is 2.24. The molecule has 0 saturated heterocycles. The molecular formula is C19H19IN4O. The van der Waals surface area contributed by atoms with Gasteiger partial charge >= 0.3 is 0 Å². The Labute approximate surface area is 160 Å². The van der Waals surface area contributed by atoms with Crippen molar-refractivity contribution in [3.63, 3.8) is 0 Å². The maximum absolute atomic E-state index is 12.9. The molecule has 0 atom stereocenters. The van der Waals surface area contributed by atoms with Gasteiger partial charge in [-0.1, -0.05) is 6.42 Å². The Morgan fingerprint density at radius 2 is 1.96 bits per heavy atom. The summed E-state index contributed by atoms with van der Waals surface area (Å²) < 4.78 is 3.33. The quantitative estimate of drug-likeness (QED) is 0.597. The minimum Gasteiger partial charge on any atom is -0.322 e. The van der Waals surface area contributed by atoms with Crippen molar-refractivity contribution in [3.8, 4) is 0 Å². The predicted octanol–water partition coefficient (Wildman–Crippen LogP) is 4.32. The first-order valence-corrected chi connectivity index (χ1v) is 9.63. The maximum atomic E-state index is 12.9. The third kappa shape index (κ3) is 3.27. The highest BCUT2D eigenvalue weighted by Gasteiger charge is 2.20. The van der Waals surface area contributed by atoms with Gasteiger partial charge in [0.2, 0.25) is 0 Å². The van der Waals surface area contributed by atoms with E-state index in [0.29, 0.717) is 11.1 Å². The number of rotatable bonds is 2. The van der Waals surface area contributed by atoms with E-state index in [1.165, 1.54) is 6.42 Å². The lowest BCUT2D eigenvalue weighted by molar-refractivity contribution is 0.102. The summed E-state index contributed by atoms with van der Waals surface area (Å²) in [7, 11) is 0. The number of nitrogens with zero attached hydrogens (tertiary/aromatic N) is 3. The first-order valence-electron chi connectivity index (χ1n) is 8.55. The van der Waals surface area contributed by atoms with Crippen molar-refractivity contribution in [2.45, 2.75) is 39.2 Å². The highest BCUT2D eigenvalue weighted by atomic mass is 127. The lowest BCUT2D eigenvalue weighted by Gasteiger charge is -2.08. The number of imidazole rings is 1. The van der Waals surface area contributed by atoms with Crippen molar-refractivity contribution in [3.05, 3.63) is 51.0 Å². The van der Waals surface area contributed by atoms with Gasteiger partial charge in [0.25, 0.3) is 5.91 Å². The Morgan fingerprint density at radius 3 is 2.76 bits per heavy atom. The fourth-order valence-corrected chi connectivity index (χ4v) is 3.68. The second-order valence-electron chi connectivity index (χ2n) is 6.43. The number of nitrogens with one attached hydrogen (secondary N) is 1. The molecular weight excluding hydrogens is 427 g/mol. The molecule has 3 aromatic rings. The summed E-state index contributed by atoms with van der Waals surface area (Å²) in [5.74, 6) is 0.916. The molecule has 1 aromatic carbocycles. The van der Waals surface area contributed by atoms with Crippen LogP contribution in [0.2, 0.25) is 0 Å². The van der Waals surface area contributed by atoms with Gasteiger partial charge in [-0.15, -0.1) is 0 Å². The Balaban J connectivity index is 1.76. The van der Waals surface area contributed by atoms with Crippen molar-refractivity contribution in [1.82, 2.24) is 14.5 Å². The van der Waals surface area contributed by atoms with E-state index in [0.717, 1.165) is 52.2 Å². The van der Waals surface area contributed by atoms with Crippen LogP contribution in [0.5, 0.6) is 0 Å². The molecule has 1 N–H and O–H groups in total. The van der Waals surface area contributed by atoms with Crippen LogP contribution in [0.1, 0.15) is 41.1 Å². The number of fused-ring (bicyclic) bond motifs is 3. The maximum Gasteiger partial charge on any atom is 0.258 e. The zero-order chi connectivity index (χ0) is 17.4. The molecule has 0 saturated carbocycles. The highest BCUT2D eigenvalue weighted by molar-refractivity contribution is 14.1. The number of amides is 1. The van der Waals surface area contributed by atoms with Gasteiger partial charge < -0.3 is 9.88 Å². The molecule has 1 aliphatic rings. The normalized spacial score (nSPS) is 14.2. The average Bonchev–Trinajstić information content (AvgIpc) is 2.78. The second-order valence-corrected chi connectivity index (χ2v) is 7.68. The number of hydrogen-bond donors (Lipinski definition) is 1. The third-order valence-electron chi connectivity index (χ3n) is 4.54. The number of benzene rings is 1. The van der Waals surface area contributed by atoms with Crippen LogP contribution in [-0.4, -0.2) is 20.4 Å². The first-order chi connectivity index (χ1) is 12.1. The van der Waals surface area contributed by atoms with Gasteiger partial charge in [0.05, 0.1) is 5.56 Å². The molecule has 2 aromatic heterocycles. The van der Waals surface area contributed by atoms with Crippen molar-refractivity contribution >= 4 is 45.3 Å². The zero-order valence-corrected chi connectivity index (χ0v) is 16.2. The summed E-state index contributed by atoms with van der Waals surface area (Å²) in [5.41, 5.74) is 3.78. The lowest BCUT2D eigenvalue weighted by atomic mass is 10.1. The van der Waals surface area contributed by atoms with Gasteiger partial charge in [-0.3, -0.25) is 4.79 Å². The van der Waals surface area contributed by atoms with E-state index < -0.39 is 0 Å². The van der Waals surface area contributed by atoms with E-state index in [-0.39, 0.29) is 5.91 Å². The van der Waals surface area contributed by atoms with Crippen molar-refractivity contribution in [1.29, 1.82) is 0 Å².